The van der Waals surface area contributed by atoms with Crippen LogP contribution in [-0.4, -0.2) is 47.7 Å². The molecule has 0 unspecified atom stereocenters. The lowest BCUT2D eigenvalue weighted by molar-refractivity contribution is -0.136. The number of pyridine rings is 1. The van der Waals surface area contributed by atoms with Crippen molar-refractivity contribution < 1.29 is 22.7 Å². The number of aromatic amines is 1. The molecule has 1 aromatic carbocycles. The molecule has 4 heterocycles. The number of hydrogen-bond acceptors (Lipinski definition) is 7. The van der Waals surface area contributed by atoms with Crippen LogP contribution in [-0.2, 0) is 17.4 Å². The second kappa shape index (κ2) is 11.0. The highest BCUT2D eigenvalue weighted by Crippen LogP contribution is 2.42. The summed E-state index contributed by atoms with van der Waals surface area (Å²) in [7, 11) is 0. The molecule has 0 bridgehead atoms. The maximum atomic E-state index is 13.7. The number of rotatable bonds is 7. The quantitative estimate of drug-likeness (QED) is 0.208. The number of fused-ring (bicyclic) bond motifs is 1. The molecule has 0 atom stereocenters. The van der Waals surface area contributed by atoms with Crippen LogP contribution < -0.4 is 20.1 Å². The average molecular weight is 625 g/mol. The number of aromatic nitrogens is 5. The minimum absolute atomic E-state index is 0.126. The van der Waals surface area contributed by atoms with E-state index in [4.69, 9.17) is 23.5 Å². The molecule has 1 saturated heterocycles. The van der Waals surface area contributed by atoms with E-state index in [2.05, 4.69) is 24.9 Å². The number of halogens is 3. The Morgan fingerprint density at radius 3 is 2.55 bits per heavy atom. The molecule has 1 aliphatic rings. The van der Waals surface area contributed by atoms with Crippen LogP contribution >= 0.6 is 12.2 Å². The van der Waals surface area contributed by atoms with E-state index in [-0.39, 0.29) is 29.0 Å². The SMILES string of the molecule is [C-]#[N+]c1ccc(N2C(=O)C(C)(C)N(c3cc(-c4nn5c(CCC)nc(C)c5c(=O)[nH]4)c(OCC)cn3)C2=S)cc1C(F)(F)F. The highest BCUT2D eigenvalue weighted by Gasteiger charge is 2.51. The van der Waals surface area contributed by atoms with Gasteiger partial charge in [0.05, 0.1) is 36.2 Å². The summed E-state index contributed by atoms with van der Waals surface area (Å²) < 4.78 is 48.5. The van der Waals surface area contributed by atoms with Crippen LogP contribution in [0, 0.1) is 13.5 Å². The number of aryl methyl sites for hydroxylation is 2. The summed E-state index contributed by atoms with van der Waals surface area (Å²) in [5.41, 5.74) is -2.52. The molecule has 5 rings (SSSR count). The third-order valence-corrected chi connectivity index (χ3v) is 7.55. The number of amides is 1. The van der Waals surface area contributed by atoms with E-state index in [0.29, 0.717) is 34.8 Å². The minimum atomic E-state index is -4.82. The van der Waals surface area contributed by atoms with Gasteiger partial charge in [-0.2, -0.15) is 13.2 Å². The maximum absolute atomic E-state index is 13.7. The Kier molecular flexibility index (Phi) is 7.66. The Balaban J connectivity index is 1.65. The number of carbonyl (C=O) groups excluding carboxylic acids is 1. The van der Waals surface area contributed by atoms with Gasteiger partial charge in [-0.1, -0.05) is 13.0 Å². The zero-order valence-electron chi connectivity index (χ0n) is 24.4. The van der Waals surface area contributed by atoms with E-state index >= 15 is 0 Å². The normalized spacial score (nSPS) is 14.9. The molecule has 4 aromatic rings. The first-order chi connectivity index (χ1) is 20.7. The topological polar surface area (TPSA) is 113 Å². The van der Waals surface area contributed by atoms with Crippen LogP contribution in [0.15, 0.2) is 35.3 Å². The standard InChI is InChI=1S/C29H27F3N8O3S/c1-7-9-21-35-15(3)23-25(41)36-24(37-40(21)23)17-13-22(34-14-20(17)43-8-2)39-27(44)38(26(42)28(39,4)5)16-10-11-19(33-6)18(12-16)29(30,31)32/h10-14H,7-9H2,1-5H3,(H,36,37,41). The Hall–Kier alpha value is -4.84. The molecular formula is C29H27F3N8O3S. The molecule has 0 radical (unpaired) electrons. The van der Waals surface area contributed by atoms with Crippen molar-refractivity contribution in [1.29, 1.82) is 0 Å². The van der Waals surface area contributed by atoms with E-state index in [1.165, 1.54) is 21.7 Å². The highest BCUT2D eigenvalue weighted by atomic mass is 32.1. The number of nitrogens with zero attached hydrogens (tertiary/aromatic N) is 7. The van der Waals surface area contributed by atoms with Crippen molar-refractivity contribution in [3.05, 3.63) is 69.3 Å². The first-order valence-electron chi connectivity index (χ1n) is 13.6. The highest BCUT2D eigenvalue weighted by molar-refractivity contribution is 7.81. The van der Waals surface area contributed by atoms with Gasteiger partial charge >= 0.3 is 6.18 Å². The summed E-state index contributed by atoms with van der Waals surface area (Å²) in [5, 5.41) is 4.54. The number of hydrogen-bond donors (Lipinski definition) is 1. The second-order valence-electron chi connectivity index (χ2n) is 10.5. The van der Waals surface area contributed by atoms with Gasteiger partial charge in [-0.15, -0.1) is 5.10 Å². The number of benzene rings is 1. The predicted octanol–water partition coefficient (Wildman–Crippen LogP) is 5.63. The Morgan fingerprint density at radius 2 is 1.91 bits per heavy atom. The summed E-state index contributed by atoms with van der Waals surface area (Å²) in [4.78, 5) is 44.0. The molecule has 1 amide bonds. The number of thiocarbonyl (C=S) groups is 1. The molecule has 15 heteroatoms. The second-order valence-corrected chi connectivity index (χ2v) is 10.9. The summed E-state index contributed by atoms with van der Waals surface area (Å²) >= 11 is 5.66. The van der Waals surface area contributed by atoms with Crippen LogP contribution in [0.5, 0.6) is 5.75 Å². The molecule has 1 aliphatic heterocycles. The zero-order valence-corrected chi connectivity index (χ0v) is 25.2. The van der Waals surface area contributed by atoms with Crippen molar-refractivity contribution in [1.82, 2.24) is 24.6 Å². The first kappa shape index (κ1) is 30.6. The molecule has 3 aromatic heterocycles. The van der Waals surface area contributed by atoms with E-state index in [9.17, 15) is 22.8 Å². The van der Waals surface area contributed by atoms with Gasteiger partial charge in [-0.25, -0.2) is 19.3 Å². The molecule has 0 saturated carbocycles. The monoisotopic (exact) mass is 624 g/mol. The molecular weight excluding hydrogens is 597 g/mol. The van der Waals surface area contributed by atoms with E-state index in [1.54, 1.807) is 33.8 Å². The van der Waals surface area contributed by atoms with Crippen molar-refractivity contribution in [3.8, 4) is 17.1 Å². The summed E-state index contributed by atoms with van der Waals surface area (Å²) in [6.07, 6.45) is -2.05. The third-order valence-electron chi connectivity index (χ3n) is 7.19. The molecule has 11 nitrogen and oxygen atoms in total. The number of alkyl halides is 3. The van der Waals surface area contributed by atoms with Crippen molar-refractivity contribution >= 4 is 45.9 Å². The lowest BCUT2D eigenvalue weighted by atomic mass is 10.0. The number of carbonyl (C=O) groups is 1. The molecule has 228 valence electrons. The maximum Gasteiger partial charge on any atom is 0.407 e. The van der Waals surface area contributed by atoms with Crippen molar-refractivity contribution in [2.24, 2.45) is 0 Å². The van der Waals surface area contributed by atoms with E-state index in [1.807, 2.05) is 6.92 Å². The largest absolute Gasteiger partial charge is 0.491 e. The fraction of sp³-hybridized carbons (Fsp3) is 0.345. The van der Waals surface area contributed by atoms with Crippen LogP contribution in [0.25, 0.3) is 21.7 Å². The van der Waals surface area contributed by atoms with Gasteiger partial charge in [0.15, 0.2) is 22.1 Å². The van der Waals surface area contributed by atoms with Crippen molar-refractivity contribution in [2.45, 2.75) is 59.2 Å². The number of imidazole rings is 1. The number of nitrogens with one attached hydrogen (secondary N) is 1. The fourth-order valence-electron chi connectivity index (χ4n) is 5.15. The van der Waals surface area contributed by atoms with Gasteiger partial charge < -0.3 is 9.72 Å². The Morgan fingerprint density at radius 1 is 1.18 bits per heavy atom. The molecule has 0 aliphatic carbocycles. The molecule has 1 fully saturated rings. The first-order valence-corrected chi connectivity index (χ1v) is 14.0. The molecule has 44 heavy (non-hydrogen) atoms. The molecule has 1 N–H and O–H groups in total. The summed E-state index contributed by atoms with van der Waals surface area (Å²) in [6, 6.07) is 4.53. The van der Waals surface area contributed by atoms with Gasteiger partial charge in [-0.05, 0) is 64.5 Å². The van der Waals surface area contributed by atoms with E-state index in [0.717, 1.165) is 23.5 Å². The lowest BCUT2D eigenvalue weighted by Crippen LogP contribution is -2.44. The van der Waals surface area contributed by atoms with Gasteiger partial charge in [0.2, 0.25) is 0 Å². The summed E-state index contributed by atoms with van der Waals surface area (Å²) in [5.74, 6) is 0.629. The smallest absolute Gasteiger partial charge is 0.407 e. The third kappa shape index (κ3) is 4.94. The average Bonchev–Trinajstić information content (AvgIpc) is 3.37. The van der Waals surface area contributed by atoms with Gasteiger partial charge in [0.25, 0.3) is 11.5 Å². The minimum Gasteiger partial charge on any atom is -0.491 e. The van der Waals surface area contributed by atoms with Crippen LogP contribution in [0.3, 0.4) is 0 Å². The van der Waals surface area contributed by atoms with Crippen LogP contribution in [0.1, 0.15) is 51.2 Å². The Bertz CT molecular complexity index is 1930. The van der Waals surface area contributed by atoms with Crippen LogP contribution in [0.4, 0.5) is 30.4 Å². The number of anilines is 2. The lowest BCUT2D eigenvalue weighted by Gasteiger charge is -2.28. The summed E-state index contributed by atoms with van der Waals surface area (Å²) in [6.45, 7) is 16.0. The van der Waals surface area contributed by atoms with Crippen molar-refractivity contribution in [2.75, 3.05) is 16.4 Å². The number of ether oxygens (including phenoxy) is 1. The van der Waals surface area contributed by atoms with Gasteiger partial charge in [-0.3, -0.25) is 19.4 Å². The fourth-order valence-corrected chi connectivity index (χ4v) is 5.66. The van der Waals surface area contributed by atoms with E-state index < -0.39 is 34.4 Å². The van der Waals surface area contributed by atoms with Crippen molar-refractivity contribution in [3.63, 3.8) is 0 Å². The molecule has 0 spiro atoms. The Labute approximate surface area is 255 Å². The number of H-pyrrole nitrogens is 1. The van der Waals surface area contributed by atoms with Crippen LogP contribution in [0.2, 0.25) is 0 Å². The van der Waals surface area contributed by atoms with Gasteiger partial charge in [0, 0.05) is 12.1 Å². The van der Waals surface area contributed by atoms with Gasteiger partial charge in [0.1, 0.15) is 22.9 Å². The zero-order chi connectivity index (χ0) is 32.1. The predicted molar refractivity (Wildman–Crippen MR) is 161 cm³/mol.